The van der Waals surface area contributed by atoms with Crippen molar-refractivity contribution in [1.82, 2.24) is 5.32 Å². The van der Waals surface area contributed by atoms with Crippen LogP contribution in [0, 0.1) is 0 Å². The van der Waals surface area contributed by atoms with Gasteiger partial charge in [0, 0.05) is 0 Å². The maximum Gasteiger partial charge on any atom is 0.322 e. The lowest BCUT2D eigenvalue weighted by molar-refractivity contribution is -0.143. The summed E-state index contributed by atoms with van der Waals surface area (Å²) in [5.41, 5.74) is 1.05. The first-order valence-electron chi connectivity index (χ1n) is 6.68. The second kappa shape index (κ2) is 6.91. The van der Waals surface area contributed by atoms with Crippen LogP contribution in [0.15, 0.2) is 53.1 Å². The molecule has 1 N–H and O–H groups in total. The molecule has 2 unspecified atom stereocenters. The first kappa shape index (κ1) is 14.3. The molecule has 4 nitrogen and oxygen atoms in total. The molecule has 4 heteroatoms. The highest BCUT2D eigenvalue weighted by atomic mass is 16.5. The highest BCUT2D eigenvalue weighted by molar-refractivity contribution is 5.75. The Balaban J connectivity index is 2.26. The average Bonchev–Trinajstić information content (AvgIpc) is 3.02. The quantitative estimate of drug-likeness (QED) is 0.822. The second-order valence-corrected chi connectivity index (χ2v) is 4.51. The molecule has 106 valence electrons. The summed E-state index contributed by atoms with van der Waals surface area (Å²) in [6, 6.07) is 13.1. The van der Waals surface area contributed by atoms with E-state index in [2.05, 4.69) is 5.32 Å². The zero-order chi connectivity index (χ0) is 14.4. The van der Waals surface area contributed by atoms with Gasteiger partial charge in [-0.1, -0.05) is 37.3 Å². The van der Waals surface area contributed by atoms with Gasteiger partial charge in [-0.25, -0.2) is 0 Å². The minimum Gasteiger partial charge on any atom is -0.468 e. The molecule has 1 heterocycles. The molecule has 0 saturated heterocycles. The van der Waals surface area contributed by atoms with E-state index in [-0.39, 0.29) is 18.1 Å². The predicted octanol–water partition coefficient (Wildman–Crippen LogP) is 2.91. The van der Waals surface area contributed by atoms with Crippen LogP contribution in [0.25, 0.3) is 0 Å². The highest BCUT2D eigenvalue weighted by Crippen LogP contribution is 2.23. The summed E-state index contributed by atoms with van der Waals surface area (Å²) >= 11 is 0. The van der Waals surface area contributed by atoms with E-state index in [0.29, 0.717) is 6.42 Å². The van der Waals surface area contributed by atoms with Crippen molar-refractivity contribution in [2.24, 2.45) is 0 Å². The van der Waals surface area contributed by atoms with Crippen LogP contribution in [0.1, 0.15) is 30.7 Å². The van der Waals surface area contributed by atoms with Crippen molar-refractivity contribution in [2.75, 3.05) is 7.11 Å². The van der Waals surface area contributed by atoms with Crippen LogP contribution in [0.2, 0.25) is 0 Å². The molecular formula is C16H19NO3. The maximum atomic E-state index is 11.8. The fourth-order valence-electron chi connectivity index (χ4n) is 2.14. The molecule has 0 aliphatic rings. The van der Waals surface area contributed by atoms with E-state index in [9.17, 15) is 4.79 Å². The smallest absolute Gasteiger partial charge is 0.322 e. The van der Waals surface area contributed by atoms with Crippen LogP contribution in [0.3, 0.4) is 0 Å². The second-order valence-electron chi connectivity index (χ2n) is 4.51. The summed E-state index contributed by atoms with van der Waals surface area (Å²) in [6.45, 7) is 1.94. The molecule has 0 radical (unpaired) electrons. The Morgan fingerprint density at radius 1 is 1.25 bits per heavy atom. The van der Waals surface area contributed by atoms with Crippen molar-refractivity contribution in [1.29, 1.82) is 0 Å². The van der Waals surface area contributed by atoms with Crippen LogP contribution < -0.4 is 5.32 Å². The van der Waals surface area contributed by atoms with E-state index in [1.807, 2.05) is 49.4 Å². The van der Waals surface area contributed by atoms with Crippen molar-refractivity contribution in [3.8, 4) is 0 Å². The predicted molar refractivity (Wildman–Crippen MR) is 76.2 cm³/mol. The Morgan fingerprint density at radius 2 is 2.00 bits per heavy atom. The lowest BCUT2D eigenvalue weighted by Crippen LogP contribution is -2.39. The van der Waals surface area contributed by atoms with Gasteiger partial charge in [0.05, 0.1) is 19.4 Å². The number of ether oxygens (including phenoxy) is 1. The van der Waals surface area contributed by atoms with E-state index in [1.165, 1.54) is 7.11 Å². The summed E-state index contributed by atoms with van der Waals surface area (Å²) in [7, 11) is 1.40. The maximum absolute atomic E-state index is 11.8. The Morgan fingerprint density at radius 3 is 2.55 bits per heavy atom. The van der Waals surface area contributed by atoms with Crippen molar-refractivity contribution >= 4 is 5.97 Å². The lowest BCUT2D eigenvalue weighted by atomic mass is 10.0. The largest absolute Gasteiger partial charge is 0.468 e. The van der Waals surface area contributed by atoms with Gasteiger partial charge in [0.2, 0.25) is 0 Å². The number of benzene rings is 1. The van der Waals surface area contributed by atoms with E-state index in [0.717, 1.165) is 11.3 Å². The molecule has 0 spiro atoms. The number of hydrogen-bond donors (Lipinski definition) is 1. The van der Waals surface area contributed by atoms with Crippen molar-refractivity contribution < 1.29 is 13.9 Å². The van der Waals surface area contributed by atoms with Gasteiger partial charge >= 0.3 is 5.97 Å². The van der Waals surface area contributed by atoms with Crippen molar-refractivity contribution in [3.05, 3.63) is 60.1 Å². The summed E-state index contributed by atoms with van der Waals surface area (Å²) < 4.78 is 10.3. The molecular weight excluding hydrogens is 254 g/mol. The fraction of sp³-hybridized carbons (Fsp3) is 0.312. The molecule has 1 aromatic carbocycles. The van der Waals surface area contributed by atoms with Gasteiger partial charge in [-0.05, 0) is 24.1 Å². The van der Waals surface area contributed by atoms with E-state index in [1.54, 1.807) is 6.26 Å². The SMILES string of the molecule is CCC(NC(c1ccccc1)c1ccco1)C(=O)OC. The summed E-state index contributed by atoms with van der Waals surface area (Å²) in [5.74, 6) is 0.513. The topological polar surface area (TPSA) is 51.5 Å². The van der Waals surface area contributed by atoms with Crippen LogP contribution in [-0.4, -0.2) is 19.1 Å². The van der Waals surface area contributed by atoms with Gasteiger partial charge < -0.3 is 9.15 Å². The zero-order valence-corrected chi connectivity index (χ0v) is 11.7. The number of carbonyl (C=O) groups excluding carboxylic acids is 1. The number of rotatable bonds is 6. The Kier molecular flexibility index (Phi) is 4.96. The molecule has 1 aromatic heterocycles. The monoisotopic (exact) mass is 273 g/mol. The Bertz CT molecular complexity index is 522. The Labute approximate surface area is 118 Å². The van der Waals surface area contributed by atoms with Gasteiger partial charge in [-0.3, -0.25) is 10.1 Å². The number of furan rings is 1. The third kappa shape index (κ3) is 3.27. The minimum absolute atomic E-state index is 0.171. The highest BCUT2D eigenvalue weighted by Gasteiger charge is 2.24. The van der Waals surface area contributed by atoms with E-state index >= 15 is 0 Å². The molecule has 0 aliphatic heterocycles. The average molecular weight is 273 g/mol. The van der Waals surface area contributed by atoms with Gasteiger partial charge in [0.1, 0.15) is 11.8 Å². The van der Waals surface area contributed by atoms with Gasteiger partial charge in [-0.2, -0.15) is 0 Å². The minimum atomic E-state index is -0.365. The zero-order valence-electron chi connectivity index (χ0n) is 11.7. The van der Waals surface area contributed by atoms with Crippen molar-refractivity contribution in [2.45, 2.75) is 25.4 Å². The third-order valence-corrected chi connectivity index (χ3v) is 3.22. The lowest BCUT2D eigenvalue weighted by Gasteiger charge is -2.22. The summed E-state index contributed by atoms with van der Waals surface area (Å²) in [4.78, 5) is 11.8. The number of esters is 1. The number of carbonyl (C=O) groups is 1. The number of nitrogens with one attached hydrogen (secondary N) is 1. The number of methoxy groups -OCH3 is 1. The van der Waals surface area contributed by atoms with Crippen molar-refractivity contribution in [3.63, 3.8) is 0 Å². The van der Waals surface area contributed by atoms with Crippen LogP contribution in [-0.2, 0) is 9.53 Å². The molecule has 0 aliphatic carbocycles. The van der Waals surface area contributed by atoms with Crippen LogP contribution in [0.4, 0.5) is 0 Å². The third-order valence-electron chi connectivity index (χ3n) is 3.22. The molecule has 0 fully saturated rings. The summed E-state index contributed by atoms with van der Waals surface area (Å²) in [6.07, 6.45) is 2.28. The first-order valence-corrected chi connectivity index (χ1v) is 6.68. The molecule has 2 rings (SSSR count). The standard InChI is InChI=1S/C16H19NO3/c1-3-13(16(18)19-2)17-15(14-10-7-11-20-14)12-8-5-4-6-9-12/h4-11,13,15,17H,3H2,1-2H3. The van der Waals surface area contributed by atoms with Crippen LogP contribution >= 0.6 is 0 Å². The fourth-order valence-corrected chi connectivity index (χ4v) is 2.14. The molecule has 2 atom stereocenters. The Hall–Kier alpha value is -2.07. The first-order chi connectivity index (χ1) is 9.76. The molecule has 0 saturated carbocycles. The van der Waals surface area contributed by atoms with Gasteiger partial charge in [0.25, 0.3) is 0 Å². The molecule has 2 aromatic rings. The van der Waals surface area contributed by atoms with E-state index in [4.69, 9.17) is 9.15 Å². The van der Waals surface area contributed by atoms with Crippen LogP contribution in [0.5, 0.6) is 0 Å². The van der Waals surface area contributed by atoms with Gasteiger partial charge in [-0.15, -0.1) is 0 Å². The normalized spacial score (nSPS) is 13.7. The molecule has 20 heavy (non-hydrogen) atoms. The molecule has 0 bridgehead atoms. The summed E-state index contributed by atoms with van der Waals surface area (Å²) in [5, 5.41) is 3.30. The van der Waals surface area contributed by atoms with E-state index < -0.39 is 0 Å². The number of hydrogen-bond acceptors (Lipinski definition) is 4. The molecule has 0 amide bonds. The van der Waals surface area contributed by atoms with Gasteiger partial charge in [0.15, 0.2) is 0 Å².